The highest BCUT2D eigenvalue weighted by atomic mass is 15.3. The highest BCUT2D eigenvalue weighted by Gasteiger charge is 2.48. The molecule has 2 heteroatoms. The summed E-state index contributed by atoms with van der Waals surface area (Å²) < 4.78 is 0. The third-order valence-corrected chi connectivity index (χ3v) is 5.88. The van der Waals surface area contributed by atoms with Gasteiger partial charge in [-0.1, -0.05) is 24.3 Å². The van der Waals surface area contributed by atoms with E-state index < -0.39 is 0 Å². The van der Waals surface area contributed by atoms with Crippen LogP contribution in [0.2, 0.25) is 0 Å². The fraction of sp³-hybridized carbons (Fsp3) is 0.667. The van der Waals surface area contributed by atoms with Gasteiger partial charge in [-0.25, -0.2) is 0 Å². The lowest BCUT2D eigenvalue weighted by atomic mass is 9.76. The summed E-state index contributed by atoms with van der Waals surface area (Å²) in [5, 5.41) is 3.71. The van der Waals surface area contributed by atoms with Gasteiger partial charge in [0.25, 0.3) is 0 Å². The summed E-state index contributed by atoms with van der Waals surface area (Å²) in [4.78, 5) is 2.81. The molecule has 2 aliphatic carbocycles. The maximum Gasteiger partial charge on any atom is 0.0334 e. The summed E-state index contributed by atoms with van der Waals surface area (Å²) in [6, 6.07) is 9.65. The molecule has 1 saturated carbocycles. The molecule has 108 valence electrons. The number of hydrogen-bond donors (Lipinski definition) is 1. The minimum absolute atomic E-state index is 0.400. The molecule has 1 aromatic rings. The highest BCUT2D eigenvalue weighted by Crippen LogP contribution is 2.45. The van der Waals surface area contributed by atoms with E-state index in [-0.39, 0.29) is 0 Å². The molecule has 1 aromatic carbocycles. The van der Waals surface area contributed by atoms with Crippen molar-refractivity contribution in [3.8, 4) is 0 Å². The summed E-state index contributed by atoms with van der Waals surface area (Å²) in [7, 11) is 0. The first-order valence-corrected chi connectivity index (χ1v) is 8.23. The summed E-state index contributed by atoms with van der Waals surface area (Å²) in [5.41, 5.74) is 3.59. The van der Waals surface area contributed by atoms with Crippen LogP contribution in [0.5, 0.6) is 0 Å². The summed E-state index contributed by atoms with van der Waals surface area (Å²) in [6.45, 7) is 8.47. The van der Waals surface area contributed by atoms with Crippen molar-refractivity contribution in [3.63, 3.8) is 0 Å². The number of nitrogens with zero attached hydrogens (tertiary/aromatic N) is 1. The number of hydrogen-bond acceptors (Lipinski definition) is 2. The fourth-order valence-electron chi connectivity index (χ4n) is 4.28. The zero-order valence-electron chi connectivity index (χ0n) is 12.7. The van der Waals surface area contributed by atoms with Crippen LogP contribution in [0.25, 0.3) is 0 Å². The van der Waals surface area contributed by atoms with E-state index in [9.17, 15) is 0 Å². The van der Waals surface area contributed by atoms with Gasteiger partial charge in [0, 0.05) is 37.1 Å². The van der Waals surface area contributed by atoms with Crippen molar-refractivity contribution < 1.29 is 0 Å². The molecule has 1 heterocycles. The molecule has 3 atom stereocenters. The Morgan fingerprint density at radius 2 is 2.10 bits per heavy atom. The molecule has 1 saturated heterocycles. The van der Waals surface area contributed by atoms with E-state index in [4.69, 9.17) is 0 Å². The lowest BCUT2D eigenvalue weighted by molar-refractivity contribution is 0.0309. The summed E-state index contributed by atoms with van der Waals surface area (Å²) >= 11 is 0. The zero-order valence-corrected chi connectivity index (χ0v) is 12.7. The molecule has 0 bridgehead atoms. The van der Waals surface area contributed by atoms with Crippen LogP contribution >= 0.6 is 0 Å². The van der Waals surface area contributed by atoms with Gasteiger partial charge in [0.05, 0.1) is 0 Å². The van der Waals surface area contributed by atoms with E-state index in [1.54, 1.807) is 11.1 Å². The Bertz CT molecular complexity index is 508. The third-order valence-electron chi connectivity index (χ3n) is 5.88. The van der Waals surface area contributed by atoms with Crippen LogP contribution in [0.4, 0.5) is 0 Å². The van der Waals surface area contributed by atoms with Gasteiger partial charge < -0.3 is 5.32 Å². The molecule has 0 amide bonds. The molecule has 0 spiro atoms. The molecule has 1 N–H and O–H groups in total. The minimum atomic E-state index is 0.400. The van der Waals surface area contributed by atoms with E-state index in [0.29, 0.717) is 11.6 Å². The van der Waals surface area contributed by atoms with Gasteiger partial charge >= 0.3 is 0 Å². The van der Waals surface area contributed by atoms with Crippen molar-refractivity contribution in [2.45, 2.75) is 50.6 Å². The molecule has 2 fully saturated rings. The number of benzene rings is 1. The first-order chi connectivity index (χ1) is 9.67. The van der Waals surface area contributed by atoms with E-state index in [1.807, 2.05) is 0 Å². The average molecular weight is 270 g/mol. The molecular formula is C18H26N2. The first-order valence-electron chi connectivity index (χ1n) is 8.23. The maximum absolute atomic E-state index is 3.71. The zero-order chi connectivity index (χ0) is 13.7. The lowest BCUT2D eigenvalue weighted by Gasteiger charge is -2.50. The Morgan fingerprint density at radius 1 is 1.30 bits per heavy atom. The highest BCUT2D eigenvalue weighted by molar-refractivity contribution is 5.40. The van der Waals surface area contributed by atoms with Crippen molar-refractivity contribution in [1.29, 1.82) is 0 Å². The minimum Gasteiger partial charge on any atom is -0.311 e. The monoisotopic (exact) mass is 270 g/mol. The van der Waals surface area contributed by atoms with Gasteiger partial charge in [-0.05, 0) is 50.2 Å². The standard InChI is InChI=1S/C18H26N2/c1-13-10-20(18(2,12-19-13)16-7-8-16)11-15-9-14-5-3-4-6-17(14)15/h3-6,13,15-16,19H,7-12H2,1-2H3. The van der Waals surface area contributed by atoms with Gasteiger partial charge in [0.2, 0.25) is 0 Å². The SMILES string of the molecule is CC1CN(CC2Cc3ccccc32)C(C)(C2CC2)CN1. The number of nitrogens with one attached hydrogen (secondary N) is 1. The van der Waals surface area contributed by atoms with Crippen molar-refractivity contribution in [2.24, 2.45) is 5.92 Å². The summed E-state index contributed by atoms with van der Waals surface area (Å²) in [6.07, 6.45) is 4.16. The van der Waals surface area contributed by atoms with Crippen LogP contribution in [0, 0.1) is 5.92 Å². The predicted molar refractivity (Wildman–Crippen MR) is 83.1 cm³/mol. The second-order valence-corrected chi connectivity index (χ2v) is 7.42. The predicted octanol–water partition coefficient (Wildman–Crippen LogP) is 2.79. The fourth-order valence-corrected chi connectivity index (χ4v) is 4.28. The first kappa shape index (κ1) is 12.8. The Kier molecular flexibility index (Phi) is 2.94. The van der Waals surface area contributed by atoms with Gasteiger partial charge in [-0.3, -0.25) is 4.90 Å². The molecule has 0 aromatic heterocycles. The van der Waals surface area contributed by atoms with Gasteiger partial charge in [0.15, 0.2) is 0 Å². The van der Waals surface area contributed by atoms with Crippen LogP contribution in [-0.2, 0) is 6.42 Å². The van der Waals surface area contributed by atoms with E-state index >= 15 is 0 Å². The molecule has 1 aliphatic heterocycles. The van der Waals surface area contributed by atoms with Crippen LogP contribution in [0.3, 0.4) is 0 Å². The van der Waals surface area contributed by atoms with Crippen LogP contribution in [0.15, 0.2) is 24.3 Å². The molecule has 3 unspecified atom stereocenters. The van der Waals surface area contributed by atoms with Crippen LogP contribution < -0.4 is 5.32 Å². The molecule has 20 heavy (non-hydrogen) atoms. The maximum atomic E-state index is 3.71. The Hall–Kier alpha value is -0.860. The quantitative estimate of drug-likeness (QED) is 0.908. The van der Waals surface area contributed by atoms with Crippen LogP contribution in [0.1, 0.15) is 43.7 Å². The Labute approximate surface area is 122 Å². The van der Waals surface area contributed by atoms with Gasteiger partial charge in [-0.2, -0.15) is 0 Å². The summed E-state index contributed by atoms with van der Waals surface area (Å²) in [5.74, 6) is 1.70. The molecular weight excluding hydrogens is 244 g/mol. The lowest BCUT2D eigenvalue weighted by Crippen LogP contribution is -2.64. The second kappa shape index (κ2) is 4.57. The number of rotatable bonds is 3. The largest absolute Gasteiger partial charge is 0.311 e. The van der Waals surface area contributed by atoms with Crippen molar-refractivity contribution in [3.05, 3.63) is 35.4 Å². The smallest absolute Gasteiger partial charge is 0.0334 e. The second-order valence-electron chi connectivity index (χ2n) is 7.42. The number of piperazine rings is 1. The normalized spacial score (nSPS) is 37.3. The molecule has 3 aliphatic rings. The van der Waals surface area contributed by atoms with Crippen molar-refractivity contribution in [2.75, 3.05) is 19.6 Å². The van der Waals surface area contributed by atoms with E-state index in [0.717, 1.165) is 11.8 Å². The molecule has 0 radical (unpaired) electrons. The third kappa shape index (κ3) is 2.01. The topological polar surface area (TPSA) is 15.3 Å². The van der Waals surface area contributed by atoms with Crippen LogP contribution in [-0.4, -0.2) is 36.1 Å². The van der Waals surface area contributed by atoms with Gasteiger partial charge in [-0.15, -0.1) is 0 Å². The molecule has 2 nitrogen and oxygen atoms in total. The van der Waals surface area contributed by atoms with Crippen molar-refractivity contribution in [1.82, 2.24) is 10.2 Å². The Morgan fingerprint density at radius 3 is 2.85 bits per heavy atom. The van der Waals surface area contributed by atoms with E-state index in [2.05, 4.69) is 48.3 Å². The number of fused-ring (bicyclic) bond motifs is 1. The Balaban J connectivity index is 1.51. The van der Waals surface area contributed by atoms with Gasteiger partial charge in [0.1, 0.15) is 0 Å². The average Bonchev–Trinajstić information content (AvgIpc) is 3.25. The molecule has 4 rings (SSSR count). The van der Waals surface area contributed by atoms with Crippen molar-refractivity contribution >= 4 is 0 Å². The van der Waals surface area contributed by atoms with E-state index in [1.165, 1.54) is 38.9 Å².